The van der Waals surface area contributed by atoms with Crippen molar-refractivity contribution < 1.29 is 0 Å². The van der Waals surface area contributed by atoms with E-state index in [0.717, 1.165) is 35.4 Å². The molecule has 1 saturated carbocycles. The van der Waals surface area contributed by atoms with E-state index in [1.807, 2.05) is 11.7 Å². The van der Waals surface area contributed by atoms with Gasteiger partial charge in [-0.15, -0.1) is 0 Å². The summed E-state index contributed by atoms with van der Waals surface area (Å²) >= 11 is 6.50. The number of nitrogens with one attached hydrogen (secondary N) is 1. The maximum Gasteiger partial charge on any atom is 0.0850 e. The first-order valence-corrected chi connectivity index (χ1v) is 8.85. The Labute approximate surface area is 134 Å². The van der Waals surface area contributed by atoms with Crippen molar-refractivity contribution in [3.8, 4) is 0 Å². The summed E-state index contributed by atoms with van der Waals surface area (Å²) in [7, 11) is 4.10. The molecule has 1 heterocycles. The molecule has 1 N–H and O–H groups in total. The van der Waals surface area contributed by atoms with Crippen LogP contribution in [-0.2, 0) is 19.9 Å². The Morgan fingerprint density at radius 1 is 1.29 bits per heavy atom. The summed E-state index contributed by atoms with van der Waals surface area (Å²) < 4.78 is 1.98. The zero-order chi connectivity index (χ0) is 15.4. The van der Waals surface area contributed by atoms with E-state index in [9.17, 15) is 0 Å². The number of halogens is 1. The lowest BCUT2D eigenvalue weighted by Gasteiger charge is -2.33. The lowest BCUT2D eigenvalue weighted by molar-refractivity contribution is 0.220. The van der Waals surface area contributed by atoms with Crippen LogP contribution < -0.4 is 5.32 Å². The zero-order valence-electron chi connectivity index (χ0n) is 14.0. The van der Waals surface area contributed by atoms with Crippen molar-refractivity contribution in [2.75, 3.05) is 7.05 Å². The molecule has 0 bridgehead atoms. The van der Waals surface area contributed by atoms with Crippen LogP contribution in [0.4, 0.5) is 0 Å². The first-order valence-electron chi connectivity index (χ1n) is 8.48. The van der Waals surface area contributed by atoms with Gasteiger partial charge in [-0.2, -0.15) is 5.10 Å². The average molecular weight is 312 g/mol. The van der Waals surface area contributed by atoms with E-state index in [1.54, 1.807) is 0 Å². The Morgan fingerprint density at radius 3 is 2.43 bits per heavy atom. The largest absolute Gasteiger partial charge is 0.316 e. The maximum atomic E-state index is 6.50. The van der Waals surface area contributed by atoms with Crippen molar-refractivity contribution >= 4 is 11.6 Å². The molecule has 4 heteroatoms. The summed E-state index contributed by atoms with van der Waals surface area (Å²) in [5.74, 6) is 1.72. The lowest BCUT2D eigenvalue weighted by Crippen LogP contribution is -2.38. The Balaban J connectivity index is 2.04. The van der Waals surface area contributed by atoms with Crippen LogP contribution in [0.15, 0.2) is 0 Å². The minimum absolute atomic E-state index is 0.514. The van der Waals surface area contributed by atoms with Crippen molar-refractivity contribution in [3.05, 3.63) is 16.4 Å². The van der Waals surface area contributed by atoms with Gasteiger partial charge in [0.1, 0.15) is 0 Å². The molecule has 3 nitrogen and oxygen atoms in total. The van der Waals surface area contributed by atoms with Crippen LogP contribution in [0.25, 0.3) is 0 Å². The second-order valence-electron chi connectivity index (χ2n) is 6.47. The second-order valence-corrected chi connectivity index (χ2v) is 6.85. The Kier molecular flexibility index (Phi) is 6.12. The highest BCUT2D eigenvalue weighted by Gasteiger charge is 2.28. The number of likely N-dealkylation sites (N-methyl/N-ethyl adjacent to an activating group) is 1. The highest BCUT2D eigenvalue weighted by Crippen LogP contribution is 2.34. The Bertz CT molecular complexity index is 447. The van der Waals surface area contributed by atoms with Crippen LogP contribution in [0.5, 0.6) is 0 Å². The average Bonchev–Trinajstić information content (AvgIpc) is 2.79. The van der Waals surface area contributed by atoms with Gasteiger partial charge in [0.25, 0.3) is 0 Å². The van der Waals surface area contributed by atoms with E-state index in [-0.39, 0.29) is 0 Å². The third-order valence-electron chi connectivity index (χ3n) is 5.32. The van der Waals surface area contributed by atoms with Gasteiger partial charge in [0, 0.05) is 19.5 Å². The molecule has 2 rings (SSSR count). The predicted molar refractivity (Wildman–Crippen MR) is 89.9 cm³/mol. The van der Waals surface area contributed by atoms with Crippen molar-refractivity contribution in [1.29, 1.82) is 0 Å². The van der Waals surface area contributed by atoms with Crippen LogP contribution in [0.1, 0.15) is 57.3 Å². The molecule has 0 aliphatic heterocycles. The molecule has 0 saturated heterocycles. The van der Waals surface area contributed by atoms with E-state index in [1.165, 1.54) is 37.8 Å². The lowest BCUT2D eigenvalue weighted by atomic mass is 9.76. The van der Waals surface area contributed by atoms with Gasteiger partial charge in [0.15, 0.2) is 0 Å². The van der Waals surface area contributed by atoms with E-state index in [2.05, 4.69) is 31.3 Å². The smallest absolute Gasteiger partial charge is 0.0850 e. The molecule has 0 amide bonds. The Hall–Kier alpha value is -0.540. The van der Waals surface area contributed by atoms with Gasteiger partial charge in [-0.1, -0.05) is 44.7 Å². The fourth-order valence-corrected chi connectivity index (χ4v) is 4.12. The van der Waals surface area contributed by atoms with Gasteiger partial charge in [0.2, 0.25) is 0 Å². The molecule has 21 heavy (non-hydrogen) atoms. The summed E-state index contributed by atoms with van der Waals surface area (Å²) in [6, 6.07) is 0.514. The number of aryl methyl sites for hydroxylation is 2. The first kappa shape index (κ1) is 16.8. The monoisotopic (exact) mass is 311 g/mol. The fourth-order valence-electron chi connectivity index (χ4n) is 3.75. The van der Waals surface area contributed by atoms with Crippen molar-refractivity contribution in [3.63, 3.8) is 0 Å². The molecular weight excluding hydrogens is 282 g/mol. The maximum absolute atomic E-state index is 6.50. The minimum Gasteiger partial charge on any atom is -0.316 e. The standard InChI is InChI=1S/C17H30ClN3/c1-5-12-7-9-13(10-8-12)15(19-3)11-16-17(18)14(6-2)20-21(16)4/h12-13,15,19H,5-11H2,1-4H3. The van der Waals surface area contributed by atoms with Gasteiger partial charge in [-0.3, -0.25) is 4.68 Å². The van der Waals surface area contributed by atoms with Gasteiger partial charge in [0.05, 0.1) is 16.4 Å². The van der Waals surface area contributed by atoms with Crippen LogP contribution in [-0.4, -0.2) is 22.9 Å². The molecule has 0 radical (unpaired) electrons. The summed E-state index contributed by atoms with van der Waals surface area (Å²) in [4.78, 5) is 0. The van der Waals surface area contributed by atoms with Crippen LogP contribution >= 0.6 is 11.6 Å². The molecule has 1 unspecified atom stereocenters. The highest BCUT2D eigenvalue weighted by atomic mass is 35.5. The summed E-state index contributed by atoms with van der Waals surface area (Å²) in [5.41, 5.74) is 2.21. The van der Waals surface area contributed by atoms with Gasteiger partial charge in [-0.25, -0.2) is 0 Å². The number of aromatic nitrogens is 2. The minimum atomic E-state index is 0.514. The fraction of sp³-hybridized carbons (Fsp3) is 0.824. The molecule has 0 aromatic carbocycles. The SMILES string of the molecule is CCc1nn(C)c(CC(NC)C2CCC(CC)CC2)c1Cl. The topological polar surface area (TPSA) is 29.9 Å². The molecule has 1 aliphatic carbocycles. The summed E-state index contributed by atoms with van der Waals surface area (Å²) in [5, 5.41) is 8.96. The van der Waals surface area contributed by atoms with Crippen LogP contribution in [0, 0.1) is 11.8 Å². The van der Waals surface area contributed by atoms with Crippen LogP contribution in [0.3, 0.4) is 0 Å². The third-order valence-corrected chi connectivity index (χ3v) is 5.76. The zero-order valence-corrected chi connectivity index (χ0v) is 14.7. The number of rotatable bonds is 6. The predicted octanol–water partition coefficient (Wildman–Crippen LogP) is 3.98. The van der Waals surface area contributed by atoms with Crippen LogP contribution in [0.2, 0.25) is 5.02 Å². The van der Waals surface area contributed by atoms with Crippen molar-refractivity contribution in [2.24, 2.45) is 18.9 Å². The molecule has 1 aromatic heterocycles. The van der Waals surface area contributed by atoms with E-state index < -0.39 is 0 Å². The third kappa shape index (κ3) is 3.81. The van der Waals surface area contributed by atoms with Crippen molar-refractivity contribution in [1.82, 2.24) is 15.1 Å². The van der Waals surface area contributed by atoms with Crippen molar-refractivity contribution in [2.45, 2.75) is 64.8 Å². The molecule has 0 spiro atoms. The molecule has 120 valence electrons. The molecule has 1 aromatic rings. The second kappa shape index (κ2) is 7.64. The number of hydrogen-bond acceptors (Lipinski definition) is 2. The van der Waals surface area contributed by atoms with E-state index >= 15 is 0 Å². The quantitative estimate of drug-likeness (QED) is 0.861. The van der Waals surface area contributed by atoms with Gasteiger partial charge < -0.3 is 5.32 Å². The first-order chi connectivity index (χ1) is 10.1. The normalized spacial score (nSPS) is 24.2. The molecule has 1 atom stereocenters. The van der Waals surface area contributed by atoms with Gasteiger partial charge >= 0.3 is 0 Å². The number of hydrogen-bond donors (Lipinski definition) is 1. The van der Waals surface area contributed by atoms with E-state index in [4.69, 9.17) is 11.6 Å². The van der Waals surface area contributed by atoms with E-state index in [0.29, 0.717) is 6.04 Å². The Morgan fingerprint density at radius 2 is 1.95 bits per heavy atom. The summed E-state index contributed by atoms with van der Waals surface area (Å²) in [6.45, 7) is 4.43. The summed E-state index contributed by atoms with van der Waals surface area (Å²) in [6.07, 6.45) is 8.70. The molecular formula is C17H30ClN3. The highest BCUT2D eigenvalue weighted by molar-refractivity contribution is 6.31. The molecule has 1 aliphatic rings. The molecule has 1 fully saturated rings. The van der Waals surface area contributed by atoms with Gasteiger partial charge in [-0.05, 0) is 38.1 Å². The number of nitrogens with zero attached hydrogens (tertiary/aromatic N) is 2.